The molecule has 19 heteroatoms. The summed E-state index contributed by atoms with van der Waals surface area (Å²) < 4.78 is 5.08. The molecule has 1 aliphatic rings. The minimum atomic E-state index is -2.02. The quantitative estimate of drug-likeness (QED) is 0.0189. The molecule has 0 aromatic heterocycles. The molecular weight excluding hydrogens is 760 g/mol. The number of aliphatic hydroxyl groups is 5. The van der Waals surface area contributed by atoms with E-state index < -0.39 is 30.0 Å². The van der Waals surface area contributed by atoms with E-state index in [1.807, 2.05) is 12.2 Å². The van der Waals surface area contributed by atoms with Crippen molar-refractivity contribution < 1.29 is 65.1 Å². The highest BCUT2D eigenvalue weighted by atomic mass is 16.6. The van der Waals surface area contributed by atoms with E-state index in [1.54, 1.807) is 6.92 Å². The van der Waals surface area contributed by atoms with Crippen molar-refractivity contribution in [3.63, 3.8) is 0 Å². The summed E-state index contributed by atoms with van der Waals surface area (Å²) in [5, 5.41) is 89.7. The van der Waals surface area contributed by atoms with Crippen LogP contribution in [0.1, 0.15) is 116 Å². The fourth-order valence-electron chi connectivity index (χ4n) is 5.81. The maximum absolute atomic E-state index is 12.2. The van der Waals surface area contributed by atoms with Crippen LogP contribution in [0.5, 0.6) is 0 Å². The molecule has 336 valence electrons. The zero-order valence-corrected chi connectivity index (χ0v) is 34.3. The summed E-state index contributed by atoms with van der Waals surface area (Å²) >= 11 is 0. The topological polar surface area (TPSA) is 285 Å². The number of unbranched alkanes of at least 4 members (excludes halogenated alkanes) is 6. The Balaban J connectivity index is 2.00. The number of hydrogen-bond acceptors (Lipinski definition) is 15. The highest BCUT2D eigenvalue weighted by Crippen LogP contribution is 2.23. The summed E-state index contributed by atoms with van der Waals surface area (Å²) in [6.45, 7) is 7.00. The van der Waals surface area contributed by atoms with Gasteiger partial charge in [0, 0.05) is 64.1 Å². The first kappa shape index (κ1) is 52.8. The molecule has 5 atom stereocenters. The van der Waals surface area contributed by atoms with Crippen LogP contribution in [0.15, 0.2) is 24.4 Å². The second-order valence-corrected chi connectivity index (χ2v) is 14.9. The Morgan fingerprint density at radius 3 is 1.79 bits per heavy atom. The molecule has 0 radical (unpaired) electrons. The van der Waals surface area contributed by atoms with Crippen molar-refractivity contribution in [2.75, 3.05) is 52.4 Å². The normalized spacial score (nSPS) is 19.8. The van der Waals surface area contributed by atoms with E-state index in [1.165, 1.54) is 0 Å². The fourth-order valence-corrected chi connectivity index (χ4v) is 5.81. The van der Waals surface area contributed by atoms with Crippen molar-refractivity contribution in [1.82, 2.24) is 31.1 Å². The van der Waals surface area contributed by atoms with E-state index in [2.05, 4.69) is 22.5 Å². The van der Waals surface area contributed by atoms with Crippen LogP contribution in [-0.2, 0) is 23.9 Å². The monoisotopic (exact) mass is 833 g/mol. The van der Waals surface area contributed by atoms with Gasteiger partial charge in [-0.3, -0.25) is 39.9 Å². The molecule has 0 aliphatic carbocycles. The number of amides is 4. The van der Waals surface area contributed by atoms with Crippen molar-refractivity contribution in [2.24, 2.45) is 0 Å². The SMILES string of the molecule is C=C(CCC(=O)NCCCCCN(O)C(=O)CC/C=C\CCC(C)O)N(O)CCCCCNC(=O)CCC(=O)N(O)CCCCCNCC1(O)OC[C@@H](O)[C@@H](O)[C@@H]1O. The van der Waals surface area contributed by atoms with Crippen LogP contribution in [0.3, 0.4) is 0 Å². The molecule has 11 N–H and O–H groups in total. The van der Waals surface area contributed by atoms with Crippen LogP contribution in [0.25, 0.3) is 0 Å². The number of nitrogens with one attached hydrogen (secondary N) is 3. The lowest BCUT2D eigenvalue weighted by Gasteiger charge is -2.41. The van der Waals surface area contributed by atoms with Gasteiger partial charge in [-0.2, -0.15) is 0 Å². The highest BCUT2D eigenvalue weighted by molar-refractivity contribution is 5.83. The van der Waals surface area contributed by atoms with Crippen molar-refractivity contribution in [1.29, 1.82) is 0 Å². The Hall–Kier alpha value is -3.24. The number of aliphatic hydroxyl groups excluding tert-OH is 4. The first-order chi connectivity index (χ1) is 27.6. The van der Waals surface area contributed by atoms with Gasteiger partial charge in [-0.15, -0.1) is 0 Å². The van der Waals surface area contributed by atoms with Gasteiger partial charge in [-0.25, -0.2) is 10.1 Å². The van der Waals surface area contributed by atoms with Crippen LogP contribution >= 0.6 is 0 Å². The van der Waals surface area contributed by atoms with Crippen molar-refractivity contribution in [2.45, 2.75) is 146 Å². The van der Waals surface area contributed by atoms with Gasteiger partial charge in [0.15, 0.2) is 0 Å². The third-order valence-electron chi connectivity index (χ3n) is 9.61. The second kappa shape index (κ2) is 30.8. The third-order valence-corrected chi connectivity index (χ3v) is 9.61. The molecule has 0 aromatic rings. The highest BCUT2D eigenvalue weighted by Gasteiger charge is 2.48. The zero-order valence-electron chi connectivity index (χ0n) is 34.3. The smallest absolute Gasteiger partial charge is 0.246 e. The van der Waals surface area contributed by atoms with Gasteiger partial charge in [-0.05, 0) is 90.5 Å². The Morgan fingerprint density at radius 2 is 1.22 bits per heavy atom. The predicted molar refractivity (Wildman–Crippen MR) is 212 cm³/mol. The third kappa shape index (κ3) is 24.0. The number of hydrogen-bond donors (Lipinski definition) is 11. The van der Waals surface area contributed by atoms with E-state index in [0.717, 1.165) is 23.0 Å². The van der Waals surface area contributed by atoms with Crippen LogP contribution in [0.2, 0.25) is 0 Å². The number of ether oxygens (including phenoxy) is 1. The Bertz CT molecular complexity index is 1230. The minimum Gasteiger partial charge on any atom is -0.393 e. The number of rotatable bonds is 33. The Morgan fingerprint density at radius 1 is 0.724 bits per heavy atom. The van der Waals surface area contributed by atoms with E-state index in [0.29, 0.717) is 101 Å². The van der Waals surface area contributed by atoms with Crippen LogP contribution < -0.4 is 16.0 Å². The first-order valence-corrected chi connectivity index (χ1v) is 20.7. The summed E-state index contributed by atoms with van der Waals surface area (Å²) in [4.78, 5) is 48.5. The minimum absolute atomic E-state index is 0.0721. The average Bonchev–Trinajstić information content (AvgIpc) is 3.19. The molecule has 1 saturated heterocycles. The molecule has 0 saturated carbocycles. The van der Waals surface area contributed by atoms with E-state index >= 15 is 0 Å². The first-order valence-electron chi connectivity index (χ1n) is 20.7. The predicted octanol–water partition coefficient (Wildman–Crippen LogP) is 0.819. The van der Waals surface area contributed by atoms with Crippen molar-refractivity contribution >= 4 is 23.6 Å². The molecule has 58 heavy (non-hydrogen) atoms. The molecule has 0 aromatic carbocycles. The molecule has 0 spiro atoms. The van der Waals surface area contributed by atoms with Crippen LogP contribution in [0.4, 0.5) is 0 Å². The molecule has 0 bridgehead atoms. The van der Waals surface area contributed by atoms with Gasteiger partial charge >= 0.3 is 0 Å². The largest absolute Gasteiger partial charge is 0.393 e. The van der Waals surface area contributed by atoms with Crippen LogP contribution in [0, 0.1) is 0 Å². The van der Waals surface area contributed by atoms with E-state index in [-0.39, 0.29) is 82.2 Å². The number of nitrogens with zero attached hydrogens (tertiary/aromatic N) is 3. The summed E-state index contributed by atoms with van der Waals surface area (Å²) in [5.74, 6) is -3.42. The Kier molecular flexibility index (Phi) is 28.0. The van der Waals surface area contributed by atoms with Gasteiger partial charge in [0.25, 0.3) is 0 Å². The second-order valence-electron chi connectivity index (χ2n) is 14.9. The molecular formula is C39H72N6O13. The van der Waals surface area contributed by atoms with E-state index in [4.69, 9.17) is 4.74 Å². The van der Waals surface area contributed by atoms with Crippen LogP contribution in [-0.4, -0.2) is 163 Å². The summed E-state index contributed by atoms with van der Waals surface area (Å²) in [6, 6.07) is 0. The summed E-state index contributed by atoms with van der Waals surface area (Å²) in [6.07, 6.45) is 7.09. The Labute approximate surface area is 342 Å². The molecule has 1 fully saturated rings. The lowest BCUT2D eigenvalue weighted by Crippen LogP contribution is -2.64. The van der Waals surface area contributed by atoms with Gasteiger partial charge in [0.2, 0.25) is 29.4 Å². The molecule has 2 unspecified atom stereocenters. The number of hydroxylamine groups is 6. The maximum Gasteiger partial charge on any atom is 0.246 e. The molecule has 1 aliphatic heterocycles. The molecule has 4 amide bonds. The maximum atomic E-state index is 12.2. The van der Waals surface area contributed by atoms with E-state index in [9.17, 15) is 60.3 Å². The number of allylic oxidation sites excluding steroid dienone is 3. The lowest BCUT2D eigenvalue weighted by molar-refractivity contribution is -0.317. The van der Waals surface area contributed by atoms with Gasteiger partial charge in [0.05, 0.1) is 19.3 Å². The number of carbonyl (C=O) groups is 4. The van der Waals surface area contributed by atoms with Crippen molar-refractivity contribution in [3.05, 3.63) is 24.4 Å². The number of carbonyl (C=O) groups excluding carboxylic acids is 4. The average molecular weight is 833 g/mol. The fraction of sp³-hybridized carbons (Fsp3) is 0.795. The van der Waals surface area contributed by atoms with Gasteiger partial charge in [-0.1, -0.05) is 25.2 Å². The summed E-state index contributed by atoms with van der Waals surface area (Å²) in [5.41, 5.74) is 0.415. The standard InChI is InChI=1S/C39H72N6O13/c1-30(18-19-33(48)41-23-12-7-15-26-44(56)35(50)17-9-4-3-8-16-31(2)46)43(55)25-13-6-11-24-42-34(49)20-21-36(51)45(57)27-14-5-10-22-40-29-39(54)38(53)37(52)32(47)28-58-39/h3-4,31-32,37-38,40,46-47,52-57H,1,5-29H2,2H3,(H,41,48)(H,42,49)/b4-3-/t31?,32-,37-,38+,39?/m1/s1. The molecule has 19 nitrogen and oxygen atoms in total. The zero-order chi connectivity index (χ0) is 43.3. The lowest BCUT2D eigenvalue weighted by atomic mass is 9.97. The molecule has 1 rings (SSSR count). The molecule has 1 heterocycles. The van der Waals surface area contributed by atoms with Crippen molar-refractivity contribution in [3.8, 4) is 0 Å². The van der Waals surface area contributed by atoms with Gasteiger partial charge in [0.1, 0.15) is 18.3 Å². The summed E-state index contributed by atoms with van der Waals surface area (Å²) in [7, 11) is 0. The van der Waals surface area contributed by atoms with Gasteiger partial charge < -0.3 is 46.2 Å².